The number of anilines is 2. The van der Waals surface area contributed by atoms with Crippen LogP contribution in [0, 0.1) is 19.8 Å². The number of rotatable bonds is 8. The van der Waals surface area contributed by atoms with Crippen LogP contribution in [0.25, 0.3) is 0 Å². The van der Waals surface area contributed by atoms with E-state index in [1.165, 1.54) is 42.5 Å². The monoisotopic (exact) mass is 324 g/mol. The van der Waals surface area contributed by atoms with E-state index in [9.17, 15) is 5.11 Å². The molecule has 0 fully saturated rings. The van der Waals surface area contributed by atoms with Crippen LogP contribution in [0.15, 0.2) is 42.5 Å². The largest absolute Gasteiger partial charge is 0.872 e. The van der Waals surface area contributed by atoms with E-state index in [1.807, 2.05) is 12.1 Å². The number of hydrogen-bond acceptors (Lipinski definition) is 2. The molecule has 2 rings (SSSR count). The van der Waals surface area contributed by atoms with Crippen molar-refractivity contribution in [3.05, 3.63) is 53.6 Å². The van der Waals surface area contributed by atoms with Gasteiger partial charge in [-0.05, 0) is 49.9 Å². The lowest BCUT2D eigenvalue weighted by molar-refractivity contribution is -0.268. The Bertz CT molecular complexity index is 650. The molecule has 0 aliphatic carbocycles. The lowest BCUT2D eigenvalue weighted by Gasteiger charge is -2.31. The van der Waals surface area contributed by atoms with E-state index in [2.05, 4.69) is 50.8 Å². The maximum Gasteiger partial charge on any atom is 0.0440 e. The molecule has 130 valence electrons. The molecule has 24 heavy (non-hydrogen) atoms. The summed E-state index contributed by atoms with van der Waals surface area (Å²) in [5.74, 6) is 0.713. The van der Waals surface area contributed by atoms with Crippen molar-refractivity contribution in [2.24, 2.45) is 5.92 Å². The van der Waals surface area contributed by atoms with Gasteiger partial charge in [0, 0.05) is 17.9 Å². The smallest absolute Gasteiger partial charge is 0.0440 e. The van der Waals surface area contributed by atoms with E-state index < -0.39 is 0 Å². The Hall–Kier alpha value is -1.96. The number of nitrogens with zero attached hydrogens (tertiary/aromatic N) is 1. The molecule has 0 N–H and O–H groups in total. The topological polar surface area (TPSA) is 26.3 Å². The van der Waals surface area contributed by atoms with Gasteiger partial charge in [-0.3, -0.25) is 0 Å². The summed E-state index contributed by atoms with van der Waals surface area (Å²) in [6.45, 7) is 9.75. The van der Waals surface area contributed by atoms with Crippen LogP contribution in [0.4, 0.5) is 11.4 Å². The van der Waals surface area contributed by atoms with Gasteiger partial charge in [0.15, 0.2) is 0 Å². The van der Waals surface area contributed by atoms with Crippen molar-refractivity contribution in [3.8, 4) is 5.75 Å². The fourth-order valence-electron chi connectivity index (χ4n) is 3.28. The van der Waals surface area contributed by atoms with Crippen molar-refractivity contribution in [3.63, 3.8) is 0 Å². The van der Waals surface area contributed by atoms with Crippen molar-refractivity contribution in [1.29, 1.82) is 0 Å². The van der Waals surface area contributed by atoms with E-state index in [0.717, 1.165) is 12.2 Å². The average molecular weight is 324 g/mol. The first-order valence-electron chi connectivity index (χ1n) is 9.17. The van der Waals surface area contributed by atoms with Gasteiger partial charge in [0.05, 0.1) is 0 Å². The van der Waals surface area contributed by atoms with Crippen LogP contribution in [0.1, 0.15) is 50.7 Å². The van der Waals surface area contributed by atoms with E-state index in [1.54, 1.807) is 12.1 Å². The number of benzene rings is 2. The van der Waals surface area contributed by atoms with Crippen LogP contribution in [0.3, 0.4) is 0 Å². The Morgan fingerprint density at radius 2 is 1.83 bits per heavy atom. The van der Waals surface area contributed by atoms with Crippen molar-refractivity contribution in [2.45, 2.75) is 53.4 Å². The Morgan fingerprint density at radius 1 is 1.04 bits per heavy atom. The molecule has 0 aromatic heterocycles. The highest BCUT2D eigenvalue weighted by Crippen LogP contribution is 2.32. The van der Waals surface area contributed by atoms with Gasteiger partial charge < -0.3 is 10.0 Å². The van der Waals surface area contributed by atoms with Crippen LogP contribution in [0.5, 0.6) is 5.75 Å². The molecule has 2 aromatic carbocycles. The van der Waals surface area contributed by atoms with Gasteiger partial charge in [0.25, 0.3) is 0 Å². The third-order valence-corrected chi connectivity index (χ3v) is 4.76. The number of unbranched alkanes of at least 4 members (excludes halogenated alkanes) is 1. The number of hydrogen-bond donors (Lipinski definition) is 0. The van der Waals surface area contributed by atoms with Crippen molar-refractivity contribution in [1.82, 2.24) is 0 Å². The molecular weight excluding hydrogens is 294 g/mol. The molecule has 0 spiro atoms. The van der Waals surface area contributed by atoms with Gasteiger partial charge in [-0.15, -0.1) is 5.75 Å². The molecule has 2 heteroatoms. The molecule has 1 atom stereocenters. The Labute approximate surface area is 147 Å². The van der Waals surface area contributed by atoms with Crippen LogP contribution in [-0.4, -0.2) is 6.54 Å². The second-order valence-corrected chi connectivity index (χ2v) is 6.81. The second kappa shape index (κ2) is 8.77. The standard InChI is InChI=1S/C22H31NO/c1-5-7-9-19(6-2)16-23(20-10-8-11-21(24)15-20)22-13-12-17(3)14-18(22)4/h8,10-15,19,24H,5-7,9,16H2,1-4H3/p-1. The highest BCUT2D eigenvalue weighted by molar-refractivity contribution is 5.67. The summed E-state index contributed by atoms with van der Waals surface area (Å²) in [5, 5.41) is 11.9. The molecule has 0 bridgehead atoms. The number of aryl methyl sites for hydroxylation is 2. The predicted octanol–water partition coefficient (Wildman–Crippen LogP) is 5.73. The Kier molecular flexibility index (Phi) is 6.72. The van der Waals surface area contributed by atoms with Gasteiger partial charge in [-0.1, -0.05) is 62.9 Å². The molecule has 0 aliphatic rings. The van der Waals surface area contributed by atoms with Crippen LogP contribution in [0.2, 0.25) is 0 Å². The Balaban J connectivity index is 2.37. The second-order valence-electron chi connectivity index (χ2n) is 6.81. The molecule has 1 unspecified atom stereocenters. The van der Waals surface area contributed by atoms with Gasteiger partial charge in [-0.25, -0.2) is 0 Å². The highest BCUT2D eigenvalue weighted by Gasteiger charge is 2.16. The molecule has 0 saturated carbocycles. The minimum absolute atomic E-state index is 0.0730. The molecule has 2 aromatic rings. The van der Waals surface area contributed by atoms with Crippen molar-refractivity contribution >= 4 is 11.4 Å². The van der Waals surface area contributed by atoms with Gasteiger partial charge in [-0.2, -0.15) is 0 Å². The summed E-state index contributed by atoms with van der Waals surface area (Å²) in [7, 11) is 0. The SMILES string of the molecule is CCCCC(CC)CN(c1cccc([O-])c1)c1ccc(C)cc1C. The maximum absolute atomic E-state index is 11.9. The summed E-state index contributed by atoms with van der Waals surface area (Å²) in [6.07, 6.45) is 4.90. The van der Waals surface area contributed by atoms with Crippen molar-refractivity contribution < 1.29 is 5.11 Å². The minimum atomic E-state index is 0.0730. The first-order chi connectivity index (χ1) is 11.5. The zero-order valence-electron chi connectivity index (χ0n) is 15.5. The van der Waals surface area contributed by atoms with E-state index in [4.69, 9.17) is 0 Å². The third-order valence-electron chi connectivity index (χ3n) is 4.76. The molecule has 2 nitrogen and oxygen atoms in total. The van der Waals surface area contributed by atoms with Crippen LogP contribution < -0.4 is 10.0 Å². The van der Waals surface area contributed by atoms with E-state index in [0.29, 0.717) is 5.92 Å². The molecule has 0 saturated heterocycles. The summed E-state index contributed by atoms with van der Waals surface area (Å²) in [5.41, 5.74) is 4.74. The van der Waals surface area contributed by atoms with E-state index in [-0.39, 0.29) is 5.75 Å². The van der Waals surface area contributed by atoms with Gasteiger partial charge in [0.1, 0.15) is 0 Å². The highest BCUT2D eigenvalue weighted by atomic mass is 16.3. The van der Waals surface area contributed by atoms with Crippen LogP contribution in [-0.2, 0) is 0 Å². The van der Waals surface area contributed by atoms with Gasteiger partial charge in [0.2, 0.25) is 0 Å². The predicted molar refractivity (Wildman–Crippen MR) is 102 cm³/mol. The van der Waals surface area contributed by atoms with E-state index >= 15 is 0 Å². The summed E-state index contributed by atoms with van der Waals surface area (Å²) < 4.78 is 0. The third kappa shape index (κ3) is 4.77. The fraction of sp³-hybridized carbons (Fsp3) is 0.455. The zero-order valence-corrected chi connectivity index (χ0v) is 15.5. The molecule has 0 amide bonds. The fourth-order valence-corrected chi connectivity index (χ4v) is 3.28. The van der Waals surface area contributed by atoms with Crippen molar-refractivity contribution in [2.75, 3.05) is 11.4 Å². The lowest BCUT2D eigenvalue weighted by atomic mass is 9.97. The van der Waals surface area contributed by atoms with Crippen LogP contribution >= 0.6 is 0 Å². The summed E-state index contributed by atoms with van der Waals surface area (Å²) >= 11 is 0. The molecule has 0 heterocycles. The summed E-state index contributed by atoms with van der Waals surface area (Å²) in [4.78, 5) is 2.33. The first-order valence-corrected chi connectivity index (χ1v) is 9.17. The molecule has 0 radical (unpaired) electrons. The zero-order chi connectivity index (χ0) is 17.5. The maximum atomic E-state index is 11.9. The molecule has 0 aliphatic heterocycles. The van der Waals surface area contributed by atoms with Gasteiger partial charge >= 0.3 is 0 Å². The summed E-state index contributed by atoms with van der Waals surface area (Å²) in [6, 6.07) is 13.9. The average Bonchev–Trinajstić information content (AvgIpc) is 2.56. The quantitative estimate of drug-likeness (QED) is 0.619. The Morgan fingerprint density at radius 3 is 2.46 bits per heavy atom. The first kappa shape index (κ1) is 18.4. The molecular formula is C22H30NO-. The minimum Gasteiger partial charge on any atom is -0.872 e. The normalized spacial score (nSPS) is 12.2. The lowest BCUT2D eigenvalue weighted by Crippen LogP contribution is -2.25.